The zero-order chi connectivity index (χ0) is 28.7. The Balaban J connectivity index is 4.26. The van der Waals surface area contributed by atoms with E-state index in [2.05, 4.69) is 74.6 Å². The third-order valence-corrected chi connectivity index (χ3v) is 6.13. The molecule has 0 aromatic carbocycles. The second kappa shape index (κ2) is 29.9. The van der Waals surface area contributed by atoms with E-state index in [-0.39, 0.29) is 18.5 Å². The van der Waals surface area contributed by atoms with E-state index >= 15 is 0 Å². The molecule has 0 amide bonds. The van der Waals surface area contributed by atoms with Crippen molar-refractivity contribution in [3.8, 4) is 0 Å². The lowest BCUT2D eigenvalue weighted by molar-refractivity contribution is -0.147. The molecule has 0 fully saturated rings. The maximum Gasteiger partial charge on any atom is 0.306 e. The van der Waals surface area contributed by atoms with Crippen LogP contribution in [-0.2, 0) is 14.3 Å². The second-order valence-electron chi connectivity index (χ2n) is 9.90. The lowest BCUT2D eigenvalue weighted by Gasteiger charge is -2.14. The lowest BCUT2D eigenvalue weighted by Crippen LogP contribution is -2.16. The van der Waals surface area contributed by atoms with Crippen molar-refractivity contribution in [2.45, 2.75) is 136 Å². The highest BCUT2D eigenvalue weighted by Crippen LogP contribution is 2.13. The summed E-state index contributed by atoms with van der Waals surface area (Å²) in [7, 11) is 0. The van der Waals surface area contributed by atoms with E-state index in [0.717, 1.165) is 64.2 Å². The van der Waals surface area contributed by atoms with Crippen molar-refractivity contribution in [1.82, 2.24) is 0 Å². The van der Waals surface area contributed by atoms with Crippen molar-refractivity contribution in [3.05, 3.63) is 72.9 Å². The number of rotatable bonds is 26. The Kier molecular flexibility index (Phi) is 27.9. The summed E-state index contributed by atoms with van der Waals surface area (Å²) >= 11 is 0. The molecule has 220 valence electrons. The fourth-order valence-corrected chi connectivity index (χ4v) is 3.89. The third kappa shape index (κ3) is 29.8. The molecule has 1 unspecified atom stereocenters. The van der Waals surface area contributed by atoms with Crippen LogP contribution in [0.15, 0.2) is 72.9 Å². The standard InChI is InChI=1S/C35H56O4/c1-3-5-7-9-11-13-15-16-17-18-19-21-23-25-29-33(30-27-28-31-34(36)37)39-35(38)32-26-24-22-20-14-12-10-8-6-4-2/h5,7-8,10-11,13,16-17,19,21,25,29,33H,3-4,6,9,12,14-15,18,20,22-24,26-28,30-32H2,1-2H3,(H,36,37)/b7-5-,10-8-,13-11-,17-16-,21-19-,29-25-. The van der Waals surface area contributed by atoms with Crippen molar-refractivity contribution >= 4 is 11.9 Å². The van der Waals surface area contributed by atoms with Gasteiger partial charge in [0.25, 0.3) is 0 Å². The summed E-state index contributed by atoms with van der Waals surface area (Å²) in [5.41, 5.74) is 0. The van der Waals surface area contributed by atoms with Gasteiger partial charge in [-0.05, 0) is 83.1 Å². The number of carbonyl (C=O) groups is 2. The van der Waals surface area contributed by atoms with E-state index in [0.29, 0.717) is 19.3 Å². The van der Waals surface area contributed by atoms with E-state index < -0.39 is 5.97 Å². The molecular formula is C35H56O4. The van der Waals surface area contributed by atoms with Crippen LogP contribution in [0.3, 0.4) is 0 Å². The molecule has 0 aliphatic carbocycles. The summed E-state index contributed by atoms with van der Waals surface area (Å²) in [6.07, 6.45) is 42.0. The Bertz CT molecular complexity index is 755. The number of allylic oxidation sites excluding steroid dienone is 11. The molecule has 0 saturated carbocycles. The molecule has 0 aromatic heterocycles. The Morgan fingerprint density at radius 1 is 0.615 bits per heavy atom. The summed E-state index contributed by atoms with van der Waals surface area (Å²) in [4.78, 5) is 23.2. The molecule has 0 rings (SSSR count). The molecule has 4 nitrogen and oxygen atoms in total. The van der Waals surface area contributed by atoms with Crippen LogP contribution in [0.4, 0.5) is 0 Å². The smallest absolute Gasteiger partial charge is 0.306 e. The number of hydrogen-bond donors (Lipinski definition) is 1. The number of unbranched alkanes of at least 4 members (excludes halogenated alkanes) is 7. The average molecular weight is 541 g/mol. The minimum atomic E-state index is -0.782. The van der Waals surface area contributed by atoms with E-state index in [4.69, 9.17) is 9.84 Å². The van der Waals surface area contributed by atoms with Crippen molar-refractivity contribution in [3.63, 3.8) is 0 Å². The van der Waals surface area contributed by atoms with Gasteiger partial charge in [0, 0.05) is 12.8 Å². The number of esters is 1. The van der Waals surface area contributed by atoms with Crippen LogP contribution in [0.5, 0.6) is 0 Å². The molecule has 1 atom stereocenters. The van der Waals surface area contributed by atoms with Gasteiger partial charge in [-0.3, -0.25) is 9.59 Å². The van der Waals surface area contributed by atoms with E-state index in [1.807, 2.05) is 12.2 Å². The Morgan fingerprint density at radius 3 is 1.77 bits per heavy atom. The monoisotopic (exact) mass is 540 g/mol. The predicted molar refractivity (Wildman–Crippen MR) is 167 cm³/mol. The number of carboxylic acids is 1. The first-order chi connectivity index (χ1) is 19.1. The maximum absolute atomic E-state index is 12.4. The number of ether oxygens (including phenoxy) is 1. The van der Waals surface area contributed by atoms with Crippen LogP contribution in [-0.4, -0.2) is 23.1 Å². The topological polar surface area (TPSA) is 63.6 Å². The highest BCUT2D eigenvalue weighted by molar-refractivity contribution is 5.69. The number of carbonyl (C=O) groups excluding carboxylic acids is 1. The number of hydrogen-bond acceptors (Lipinski definition) is 3. The van der Waals surface area contributed by atoms with Gasteiger partial charge in [0.05, 0.1) is 0 Å². The van der Waals surface area contributed by atoms with Gasteiger partial charge < -0.3 is 9.84 Å². The van der Waals surface area contributed by atoms with Crippen LogP contribution in [0, 0.1) is 0 Å². The first-order valence-electron chi connectivity index (χ1n) is 15.4. The largest absolute Gasteiger partial charge is 0.481 e. The molecule has 4 heteroatoms. The molecule has 0 spiro atoms. The van der Waals surface area contributed by atoms with Crippen molar-refractivity contribution < 1.29 is 19.4 Å². The van der Waals surface area contributed by atoms with Gasteiger partial charge in [0.1, 0.15) is 6.10 Å². The van der Waals surface area contributed by atoms with Gasteiger partial charge in [-0.1, -0.05) is 106 Å². The summed E-state index contributed by atoms with van der Waals surface area (Å²) in [6, 6.07) is 0. The molecule has 0 aliphatic rings. The molecule has 0 saturated heterocycles. The summed E-state index contributed by atoms with van der Waals surface area (Å²) in [6.45, 7) is 4.34. The first kappa shape index (κ1) is 36.4. The highest BCUT2D eigenvalue weighted by atomic mass is 16.5. The Morgan fingerprint density at radius 2 is 1.15 bits per heavy atom. The molecular weight excluding hydrogens is 484 g/mol. The van der Waals surface area contributed by atoms with Crippen LogP contribution in [0.2, 0.25) is 0 Å². The fraction of sp³-hybridized carbons (Fsp3) is 0.600. The minimum absolute atomic E-state index is 0.151. The summed E-state index contributed by atoms with van der Waals surface area (Å²) < 4.78 is 5.73. The fourth-order valence-electron chi connectivity index (χ4n) is 3.89. The Hall–Kier alpha value is -2.62. The van der Waals surface area contributed by atoms with Gasteiger partial charge in [-0.15, -0.1) is 0 Å². The lowest BCUT2D eigenvalue weighted by atomic mass is 10.1. The molecule has 0 radical (unpaired) electrons. The van der Waals surface area contributed by atoms with Gasteiger partial charge in [0.15, 0.2) is 0 Å². The molecule has 0 aliphatic heterocycles. The minimum Gasteiger partial charge on any atom is -0.481 e. The van der Waals surface area contributed by atoms with Crippen LogP contribution in [0.25, 0.3) is 0 Å². The highest BCUT2D eigenvalue weighted by Gasteiger charge is 2.11. The molecule has 0 heterocycles. The van der Waals surface area contributed by atoms with Gasteiger partial charge >= 0.3 is 11.9 Å². The average Bonchev–Trinajstić information content (AvgIpc) is 2.92. The van der Waals surface area contributed by atoms with Crippen LogP contribution in [0.1, 0.15) is 129 Å². The molecule has 39 heavy (non-hydrogen) atoms. The first-order valence-corrected chi connectivity index (χ1v) is 15.4. The molecule has 1 N–H and O–H groups in total. The van der Waals surface area contributed by atoms with Crippen molar-refractivity contribution in [2.75, 3.05) is 0 Å². The number of carboxylic acid groups (broad SMARTS) is 1. The SMILES string of the molecule is CC/C=C\C/C=C\C/C=C\C/C=C\C/C=C\C(CCCCC(=O)O)OC(=O)CCCCCCC/C=C\CCC. The van der Waals surface area contributed by atoms with Gasteiger partial charge in [-0.25, -0.2) is 0 Å². The number of aliphatic carboxylic acids is 1. The normalized spacial score (nSPS) is 13.3. The quantitative estimate of drug-likeness (QED) is 0.0673. The van der Waals surface area contributed by atoms with E-state index in [1.54, 1.807) is 0 Å². The van der Waals surface area contributed by atoms with Gasteiger partial charge in [-0.2, -0.15) is 0 Å². The zero-order valence-corrected chi connectivity index (χ0v) is 24.9. The van der Waals surface area contributed by atoms with E-state index in [9.17, 15) is 9.59 Å². The van der Waals surface area contributed by atoms with E-state index in [1.165, 1.54) is 25.7 Å². The summed E-state index contributed by atoms with van der Waals surface area (Å²) in [5.74, 6) is -0.933. The Labute approximate surface area is 239 Å². The zero-order valence-electron chi connectivity index (χ0n) is 24.9. The van der Waals surface area contributed by atoms with Crippen molar-refractivity contribution in [2.24, 2.45) is 0 Å². The molecule has 0 aromatic rings. The second-order valence-corrected chi connectivity index (χ2v) is 9.90. The van der Waals surface area contributed by atoms with Crippen molar-refractivity contribution in [1.29, 1.82) is 0 Å². The van der Waals surface area contributed by atoms with Gasteiger partial charge in [0.2, 0.25) is 0 Å². The molecule has 0 bridgehead atoms. The summed E-state index contributed by atoms with van der Waals surface area (Å²) in [5, 5.41) is 8.87. The maximum atomic E-state index is 12.4. The van der Waals surface area contributed by atoms with Crippen LogP contribution < -0.4 is 0 Å². The third-order valence-electron chi connectivity index (χ3n) is 6.13. The predicted octanol–water partition coefficient (Wildman–Crippen LogP) is 10.4. The van der Waals surface area contributed by atoms with Crippen LogP contribution >= 0.6 is 0 Å².